The van der Waals surface area contributed by atoms with E-state index >= 15 is 0 Å². The minimum atomic E-state index is -0.00287. The van der Waals surface area contributed by atoms with Crippen molar-refractivity contribution in [3.05, 3.63) is 166 Å². The molecule has 0 bridgehead atoms. The van der Waals surface area contributed by atoms with Crippen LogP contribution in [0, 0.1) is 0 Å². The lowest BCUT2D eigenvalue weighted by Crippen LogP contribution is -2.15. The molecule has 0 saturated carbocycles. The Labute approximate surface area is 230 Å². The lowest BCUT2D eigenvalue weighted by molar-refractivity contribution is 0.103. The van der Waals surface area contributed by atoms with Gasteiger partial charge in [0.25, 0.3) is 0 Å². The Hall–Kier alpha value is -5.48. The second kappa shape index (κ2) is 9.07. The quantitative estimate of drug-likeness (QED) is 0.250. The van der Waals surface area contributed by atoms with E-state index in [0.717, 1.165) is 44.5 Å². The summed E-state index contributed by atoms with van der Waals surface area (Å²) in [5, 5.41) is 0. The molecular formula is C36H20O4. The molecule has 0 unspecified atom stereocenters. The van der Waals surface area contributed by atoms with Crippen molar-refractivity contribution in [1.82, 2.24) is 0 Å². The molecule has 0 aromatic heterocycles. The number of hydrogen-bond acceptors (Lipinski definition) is 4. The van der Waals surface area contributed by atoms with Gasteiger partial charge in [-0.15, -0.1) is 0 Å². The molecule has 4 nitrogen and oxygen atoms in total. The van der Waals surface area contributed by atoms with Gasteiger partial charge in [0.15, 0.2) is 23.1 Å². The van der Waals surface area contributed by atoms with Gasteiger partial charge in [-0.25, -0.2) is 0 Å². The first-order valence-corrected chi connectivity index (χ1v) is 12.9. The maximum absolute atomic E-state index is 12.2. The summed E-state index contributed by atoms with van der Waals surface area (Å²) in [5.74, 6) is -0.0115. The molecule has 4 aromatic carbocycles. The van der Waals surface area contributed by atoms with Crippen LogP contribution in [0.15, 0.2) is 121 Å². The van der Waals surface area contributed by atoms with Crippen molar-refractivity contribution in [1.29, 1.82) is 0 Å². The second-order valence-corrected chi connectivity index (χ2v) is 9.87. The number of carbonyl (C=O) groups is 4. The van der Waals surface area contributed by atoms with Gasteiger partial charge in [-0.2, -0.15) is 0 Å². The van der Waals surface area contributed by atoms with Crippen LogP contribution in [0.3, 0.4) is 0 Å². The standard InChI is InChI=1S/2C18H10O2/c2*19-17-10-16-12-6-2-4-8-14(12)18(20)9-15(16)11-5-1-3-7-13(11)17/h2*1-10H. The van der Waals surface area contributed by atoms with E-state index in [1.54, 1.807) is 48.6 Å². The van der Waals surface area contributed by atoms with Crippen LogP contribution in [-0.4, -0.2) is 23.1 Å². The Morgan fingerprint density at radius 3 is 0.625 bits per heavy atom. The molecule has 0 fully saturated rings. The predicted octanol–water partition coefficient (Wildman–Crippen LogP) is 7.09. The van der Waals surface area contributed by atoms with Crippen molar-refractivity contribution in [3.8, 4) is 0 Å². The van der Waals surface area contributed by atoms with Crippen molar-refractivity contribution >= 4 is 45.4 Å². The average Bonchev–Trinajstić information content (AvgIpc) is 3.00. The zero-order valence-electron chi connectivity index (χ0n) is 21.2. The first kappa shape index (κ1) is 23.6. The van der Waals surface area contributed by atoms with Gasteiger partial charge in [0.05, 0.1) is 0 Å². The minimum absolute atomic E-state index is 0.00287. The zero-order chi connectivity index (χ0) is 27.4. The normalized spacial score (nSPS) is 15.8. The summed E-state index contributed by atoms with van der Waals surface area (Å²) >= 11 is 0. The molecule has 0 radical (unpaired) electrons. The minimum Gasteiger partial charge on any atom is -0.289 e. The lowest BCUT2D eigenvalue weighted by Gasteiger charge is -2.24. The fourth-order valence-corrected chi connectivity index (χ4v) is 5.77. The van der Waals surface area contributed by atoms with Gasteiger partial charge in [-0.3, -0.25) is 19.2 Å². The van der Waals surface area contributed by atoms with Crippen molar-refractivity contribution in [3.63, 3.8) is 0 Å². The van der Waals surface area contributed by atoms with Gasteiger partial charge < -0.3 is 0 Å². The largest absolute Gasteiger partial charge is 0.289 e. The van der Waals surface area contributed by atoms with Crippen LogP contribution < -0.4 is 0 Å². The molecular weight excluding hydrogens is 496 g/mol. The Bertz CT molecular complexity index is 1680. The van der Waals surface area contributed by atoms with E-state index in [4.69, 9.17) is 0 Å². The molecule has 4 aliphatic rings. The average molecular weight is 517 g/mol. The monoisotopic (exact) mass is 516 g/mol. The number of rotatable bonds is 0. The zero-order valence-corrected chi connectivity index (χ0v) is 21.2. The van der Waals surface area contributed by atoms with Crippen molar-refractivity contribution in [2.75, 3.05) is 0 Å². The Morgan fingerprint density at radius 2 is 0.425 bits per heavy atom. The molecule has 4 aliphatic carbocycles. The van der Waals surface area contributed by atoms with E-state index in [-0.39, 0.29) is 23.1 Å². The van der Waals surface area contributed by atoms with E-state index in [9.17, 15) is 19.2 Å². The molecule has 0 spiro atoms. The molecule has 188 valence electrons. The maximum Gasteiger partial charge on any atom is 0.187 e. The maximum atomic E-state index is 12.2. The predicted molar refractivity (Wildman–Crippen MR) is 155 cm³/mol. The van der Waals surface area contributed by atoms with Gasteiger partial charge in [-0.1, -0.05) is 97.1 Å². The summed E-state index contributed by atoms with van der Waals surface area (Å²) in [6.07, 6.45) is 6.55. The van der Waals surface area contributed by atoms with Crippen LogP contribution in [-0.2, 0) is 0 Å². The fourth-order valence-electron chi connectivity index (χ4n) is 5.77. The fraction of sp³-hybridized carbons (Fsp3) is 0. The molecule has 0 atom stereocenters. The van der Waals surface area contributed by atoms with E-state index in [1.165, 1.54) is 0 Å². The first-order valence-electron chi connectivity index (χ1n) is 12.9. The van der Waals surface area contributed by atoms with Gasteiger partial charge in [0.2, 0.25) is 0 Å². The smallest absolute Gasteiger partial charge is 0.187 e. The second-order valence-electron chi connectivity index (χ2n) is 9.87. The summed E-state index contributed by atoms with van der Waals surface area (Å²) in [7, 11) is 0. The van der Waals surface area contributed by atoms with Crippen LogP contribution in [0.25, 0.3) is 22.3 Å². The number of carbonyl (C=O) groups excluding carboxylic acids is 4. The molecule has 8 rings (SSSR count). The molecule has 40 heavy (non-hydrogen) atoms. The van der Waals surface area contributed by atoms with E-state index in [0.29, 0.717) is 22.3 Å². The Balaban J connectivity index is 0.000000132. The number of fused-ring (bicyclic) bond motifs is 10. The highest BCUT2D eigenvalue weighted by Gasteiger charge is 2.30. The highest BCUT2D eigenvalue weighted by Crippen LogP contribution is 2.43. The summed E-state index contributed by atoms with van der Waals surface area (Å²) in [6, 6.07) is 29.7. The molecule has 0 N–H and O–H groups in total. The third-order valence-electron chi connectivity index (χ3n) is 7.61. The Kier molecular flexibility index (Phi) is 5.36. The Morgan fingerprint density at radius 1 is 0.250 bits per heavy atom. The molecule has 0 amide bonds. The van der Waals surface area contributed by atoms with Crippen molar-refractivity contribution in [2.45, 2.75) is 0 Å². The molecule has 0 aliphatic heterocycles. The number of hydrogen-bond donors (Lipinski definition) is 0. The third kappa shape index (κ3) is 3.62. The topological polar surface area (TPSA) is 68.3 Å². The molecule has 0 saturated heterocycles. The number of allylic oxidation sites excluding steroid dienone is 8. The van der Waals surface area contributed by atoms with E-state index in [1.807, 2.05) is 72.8 Å². The summed E-state index contributed by atoms with van der Waals surface area (Å²) in [5.41, 5.74) is 9.43. The molecule has 0 heterocycles. The van der Waals surface area contributed by atoms with Crippen LogP contribution in [0.4, 0.5) is 0 Å². The molecule has 4 aromatic rings. The third-order valence-corrected chi connectivity index (χ3v) is 7.61. The number of benzene rings is 4. The van der Waals surface area contributed by atoms with Crippen LogP contribution in [0.2, 0.25) is 0 Å². The summed E-state index contributed by atoms with van der Waals surface area (Å²) < 4.78 is 0. The van der Waals surface area contributed by atoms with Gasteiger partial charge in [-0.05, 0) is 68.9 Å². The SMILES string of the molecule is O=C1C=C2C(=CC(=O)c3ccccc32)c2ccccc21.O=C1C=C2C(=CC(=O)c3ccccc32)c2ccccc21. The summed E-state index contributed by atoms with van der Waals surface area (Å²) in [4.78, 5) is 49.0. The van der Waals surface area contributed by atoms with Crippen molar-refractivity contribution < 1.29 is 19.2 Å². The van der Waals surface area contributed by atoms with Crippen LogP contribution in [0.1, 0.15) is 63.7 Å². The molecule has 4 heteroatoms. The first-order chi connectivity index (χ1) is 19.5. The van der Waals surface area contributed by atoms with Crippen molar-refractivity contribution in [2.24, 2.45) is 0 Å². The van der Waals surface area contributed by atoms with Gasteiger partial charge >= 0.3 is 0 Å². The highest BCUT2D eigenvalue weighted by atomic mass is 16.1. The van der Waals surface area contributed by atoms with Crippen LogP contribution in [0.5, 0.6) is 0 Å². The lowest BCUT2D eigenvalue weighted by atomic mass is 9.77. The van der Waals surface area contributed by atoms with E-state index in [2.05, 4.69) is 0 Å². The van der Waals surface area contributed by atoms with E-state index < -0.39 is 0 Å². The van der Waals surface area contributed by atoms with Gasteiger partial charge in [0.1, 0.15) is 0 Å². The summed E-state index contributed by atoms with van der Waals surface area (Å²) in [6.45, 7) is 0. The van der Waals surface area contributed by atoms with Crippen LogP contribution >= 0.6 is 0 Å². The number of ketones is 4. The van der Waals surface area contributed by atoms with Gasteiger partial charge in [0, 0.05) is 22.3 Å². The highest BCUT2D eigenvalue weighted by molar-refractivity contribution is 6.32.